The number of fused-ring (bicyclic) bond motifs is 1. The fourth-order valence-corrected chi connectivity index (χ4v) is 4.94. The highest BCUT2D eigenvalue weighted by atomic mass is 32.2. The third-order valence-corrected chi connectivity index (χ3v) is 6.68. The van der Waals surface area contributed by atoms with Gasteiger partial charge in [-0.05, 0) is 56.3 Å². The minimum atomic E-state index is -0.420. The minimum Gasteiger partial charge on any atom is -0.494 e. The van der Waals surface area contributed by atoms with E-state index in [2.05, 4.69) is 20.3 Å². The third kappa shape index (κ3) is 4.53. The van der Waals surface area contributed by atoms with Crippen molar-refractivity contribution in [1.82, 2.24) is 15.0 Å². The smallest absolute Gasteiger partial charge is 0.239 e. The van der Waals surface area contributed by atoms with Gasteiger partial charge >= 0.3 is 0 Å². The third-order valence-electron chi connectivity index (χ3n) is 4.76. The Hall–Kier alpha value is -3.50. The molecule has 5 aromatic rings. The number of carbonyl (C=O) groups excluding carboxylic acids is 1. The maximum Gasteiger partial charge on any atom is 0.239 e. The van der Waals surface area contributed by atoms with Gasteiger partial charge in [-0.15, -0.1) is 0 Å². The van der Waals surface area contributed by atoms with E-state index >= 15 is 0 Å². The fraction of sp³-hybridized carbons (Fsp3) is 0.174. The quantitative estimate of drug-likeness (QED) is 0.260. The van der Waals surface area contributed by atoms with Crippen LogP contribution in [0.5, 0.6) is 5.75 Å². The van der Waals surface area contributed by atoms with Gasteiger partial charge in [-0.25, -0.2) is 9.97 Å². The summed E-state index contributed by atoms with van der Waals surface area (Å²) in [6.07, 6.45) is 3.19. The van der Waals surface area contributed by atoms with Gasteiger partial charge in [-0.2, -0.15) is 0 Å². The number of amides is 1. The second-order valence-electron chi connectivity index (χ2n) is 7.05. The molecular formula is C23H20N4O4S2. The normalized spacial score (nSPS) is 12.2. The Morgan fingerprint density at radius 3 is 2.70 bits per heavy atom. The van der Waals surface area contributed by atoms with Gasteiger partial charge in [0.2, 0.25) is 5.91 Å². The number of hydrogen-bond acceptors (Lipinski definition) is 8. The number of rotatable bonds is 8. The molecular weight excluding hydrogens is 460 g/mol. The van der Waals surface area contributed by atoms with E-state index in [4.69, 9.17) is 13.6 Å². The van der Waals surface area contributed by atoms with Crippen LogP contribution in [0.1, 0.15) is 13.8 Å². The Morgan fingerprint density at radius 1 is 1.18 bits per heavy atom. The van der Waals surface area contributed by atoms with Crippen LogP contribution < -0.4 is 10.1 Å². The van der Waals surface area contributed by atoms with E-state index in [1.165, 1.54) is 23.1 Å². The predicted octanol–water partition coefficient (Wildman–Crippen LogP) is 6.06. The first-order chi connectivity index (χ1) is 16.1. The SMILES string of the molecule is CCOc1ccc2nc(NC(=O)C(C)Sc3nc(-c4ccco4)c(-c4ccco4)[nH]3)sc2c1. The number of thioether (sulfide) groups is 1. The molecule has 5 rings (SSSR count). The maximum absolute atomic E-state index is 12.8. The Morgan fingerprint density at radius 2 is 1.97 bits per heavy atom. The molecule has 168 valence electrons. The van der Waals surface area contributed by atoms with Crippen molar-refractivity contribution in [2.24, 2.45) is 0 Å². The van der Waals surface area contributed by atoms with Crippen molar-refractivity contribution >= 4 is 44.4 Å². The molecule has 2 N–H and O–H groups in total. The lowest BCUT2D eigenvalue weighted by atomic mass is 10.2. The molecule has 0 aliphatic heterocycles. The Labute approximate surface area is 197 Å². The molecule has 8 nitrogen and oxygen atoms in total. The van der Waals surface area contributed by atoms with Crippen LogP contribution in [-0.2, 0) is 4.79 Å². The number of nitrogens with one attached hydrogen (secondary N) is 2. The standard InChI is InChI=1S/C23H20N4O4S2/c1-3-29-14-8-9-15-18(12-14)33-22(24-15)27-21(28)13(2)32-23-25-19(16-6-4-10-30-16)20(26-23)17-7-5-11-31-17/h4-13H,3H2,1-2H3,(H,25,26)(H,24,27,28). The summed E-state index contributed by atoms with van der Waals surface area (Å²) < 4.78 is 17.6. The number of hydrogen-bond donors (Lipinski definition) is 2. The average molecular weight is 481 g/mol. The number of furan rings is 2. The summed E-state index contributed by atoms with van der Waals surface area (Å²) in [7, 11) is 0. The number of nitrogens with zero attached hydrogens (tertiary/aromatic N) is 2. The molecule has 4 heterocycles. The summed E-state index contributed by atoms with van der Waals surface area (Å²) in [5, 5.41) is 3.62. The number of carbonyl (C=O) groups is 1. The van der Waals surface area contributed by atoms with Gasteiger partial charge in [0, 0.05) is 0 Å². The Bertz CT molecular complexity index is 1320. The molecule has 4 aromatic heterocycles. The molecule has 0 aliphatic rings. The number of H-pyrrole nitrogens is 1. The topological polar surface area (TPSA) is 106 Å². The molecule has 0 aliphatic carbocycles. The lowest BCUT2D eigenvalue weighted by Crippen LogP contribution is -2.22. The number of ether oxygens (including phenoxy) is 1. The van der Waals surface area contributed by atoms with E-state index in [1.54, 1.807) is 24.7 Å². The van der Waals surface area contributed by atoms with E-state index in [9.17, 15) is 4.79 Å². The second-order valence-corrected chi connectivity index (χ2v) is 9.41. The molecule has 0 saturated heterocycles. The van der Waals surface area contributed by atoms with Gasteiger partial charge in [-0.1, -0.05) is 23.1 Å². The summed E-state index contributed by atoms with van der Waals surface area (Å²) in [5.74, 6) is 1.87. The van der Waals surface area contributed by atoms with Gasteiger partial charge < -0.3 is 23.9 Å². The summed E-state index contributed by atoms with van der Waals surface area (Å²) in [6.45, 7) is 4.36. The average Bonchev–Trinajstić information content (AvgIpc) is 3.59. The largest absolute Gasteiger partial charge is 0.494 e. The number of imidazole rings is 1. The highest BCUT2D eigenvalue weighted by Crippen LogP contribution is 2.35. The molecule has 1 unspecified atom stereocenters. The van der Waals surface area contributed by atoms with Crippen molar-refractivity contribution in [2.75, 3.05) is 11.9 Å². The van der Waals surface area contributed by atoms with Gasteiger partial charge in [0.15, 0.2) is 21.8 Å². The number of benzene rings is 1. The maximum atomic E-state index is 12.8. The predicted molar refractivity (Wildman–Crippen MR) is 129 cm³/mol. The summed E-state index contributed by atoms with van der Waals surface area (Å²) >= 11 is 2.72. The van der Waals surface area contributed by atoms with Crippen LogP contribution in [0.3, 0.4) is 0 Å². The number of anilines is 1. The zero-order valence-electron chi connectivity index (χ0n) is 17.8. The number of aromatic nitrogens is 3. The first-order valence-corrected chi connectivity index (χ1v) is 12.0. The van der Waals surface area contributed by atoms with E-state index in [0.29, 0.717) is 39.8 Å². The zero-order chi connectivity index (χ0) is 22.8. The van der Waals surface area contributed by atoms with Gasteiger partial charge in [-0.3, -0.25) is 4.79 Å². The van der Waals surface area contributed by atoms with E-state index in [0.717, 1.165) is 16.0 Å². The molecule has 1 aromatic carbocycles. The van der Waals surface area contributed by atoms with E-state index in [-0.39, 0.29) is 5.91 Å². The molecule has 33 heavy (non-hydrogen) atoms. The molecule has 10 heteroatoms. The van der Waals surface area contributed by atoms with Crippen molar-refractivity contribution < 1.29 is 18.4 Å². The van der Waals surface area contributed by atoms with Crippen molar-refractivity contribution in [1.29, 1.82) is 0 Å². The van der Waals surface area contributed by atoms with E-state index < -0.39 is 5.25 Å². The van der Waals surface area contributed by atoms with Crippen LogP contribution in [0.2, 0.25) is 0 Å². The minimum absolute atomic E-state index is 0.167. The Balaban J connectivity index is 1.32. The molecule has 0 spiro atoms. The molecule has 0 radical (unpaired) electrons. The van der Waals surface area contributed by atoms with Gasteiger partial charge in [0.25, 0.3) is 0 Å². The zero-order valence-corrected chi connectivity index (χ0v) is 19.5. The molecule has 0 bridgehead atoms. The molecule has 0 fully saturated rings. The molecule has 1 amide bonds. The van der Waals surface area contributed by atoms with Gasteiger partial charge in [0.05, 0.1) is 34.6 Å². The summed E-state index contributed by atoms with van der Waals surface area (Å²) in [5.41, 5.74) is 2.14. The highest BCUT2D eigenvalue weighted by Gasteiger charge is 2.22. The van der Waals surface area contributed by atoms with Crippen LogP contribution in [0.15, 0.2) is 69.0 Å². The fourth-order valence-electron chi connectivity index (χ4n) is 3.24. The second kappa shape index (κ2) is 9.16. The van der Waals surface area contributed by atoms with E-state index in [1.807, 2.05) is 44.2 Å². The lowest BCUT2D eigenvalue weighted by molar-refractivity contribution is -0.115. The summed E-state index contributed by atoms with van der Waals surface area (Å²) in [6, 6.07) is 13.0. The monoisotopic (exact) mass is 480 g/mol. The number of thiazole rings is 1. The van der Waals surface area contributed by atoms with Crippen LogP contribution in [0, 0.1) is 0 Å². The van der Waals surface area contributed by atoms with Crippen LogP contribution in [0.25, 0.3) is 33.1 Å². The van der Waals surface area contributed by atoms with Crippen molar-refractivity contribution in [3.63, 3.8) is 0 Å². The van der Waals surface area contributed by atoms with Crippen LogP contribution in [0.4, 0.5) is 5.13 Å². The van der Waals surface area contributed by atoms with Crippen molar-refractivity contribution in [3.8, 4) is 28.7 Å². The number of aromatic amines is 1. The van der Waals surface area contributed by atoms with Crippen LogP contribution in [-0.4, -0.2) is 32.7 Å². The molecule has 0 saturated carbocycles. The lowest BCUT2D eigenvalue weighted by Gasteiger charge is -2.08. The summed E-state index contributed by atoms with van der Waals surface area (Å²) in [4.78, 5) is 25.2. The van der Waals surface area contributed by atoms with Gasteiger partial charge in [0.1, 0.15) is 17.1 Å². The highest BCUT2D eigenvalue weighted by molar-refractivity contribution is 8.00. The molecule has 1 atom stereocenters. The Kier molecular flexibility index (Phi) is 5.93. The first kappa shape index (κ1) is 21.4. The van der Waals surface area contributed by atoms with Crippen LogP contribution >= 0.6 is 23.1 Å². The van der Waals surface area contributed by atoms with Crippen molar-refractivity contribution in [3.05, 3.63) is 55.0 Å². The van der Waals surface area contributed by atoms with Crippen molar-refractivity contribution in [2.45, 2.75) is 24.3 Å². The first-order valence-electron chi connectivity index (χ1n) is 10.3.